The third-order valence-corrected chi connectivity index (χ3v) is 6.43. The summed E-state index contributed by atoms with van der Waals surface area (Å²) < 4.78 is 14.1. The second kappa shape index (κ2) is 7.64. The Balaban J connectivity index is 1.61. The van der Waals surface area contributed by atoms with E-state index in [1.165, 1.54) is 56.9 Å². The van der Waals surface area contributed by atoms with Crippen LogP contribution in [0.5, 0.6) is 0 Å². The van der Waals surface area contributed by atoms with Crippen LogP contribution in [0.2, 0.25) is 0 Å². The van der Waals surface area contributed by atoms with Gasteiger partial charge in [-0.2, -0.15) is 0 Å². The molecule has 1 aromatic carbocycles. The minimum Gasteiger partial charge on any atom is -0.207 e. The molecule has 2 saturated carbocycles. The minimum atomic E-state index is 0.000238. The Morgan fingerprint density at radius 1 is 1.13 bits per heavy atom. The normalized spacial score (nSPS) is 30.7. The van der Waals surface area contributed by atoms with Crippen molar-refractivity contribution in [1.82, 2.24) is 0 Å². The molecule has 2 aliphatic carbocycles. The van der Waals surface area contributed by atoms with E-state index in [2.05, 4.69) is 18.7 Å². The smallest absolute Gasteiger partial charge is 0.126 e. The Morgan fingerprint density at radius 2 is 1.91 bits per heavy atom. The predicted octanol–water partition coefficient (Wildman–Crippen LogP) is 6.65. The van der Waals surface area contributed by atoms with E-state index in [0.717, 1.165) is 29.7 Å². The van der Waals surface area contributed by atoms with Gasteiger partial charge in [0.05, 0.1) is 0 Å². The van der Waals surface area contributed by atoms with Crippen molar-refractivity contribution in [3.8, 4) is 0 Å². The first-order valence-corrected chi connectivity index (χ1v) is 9.60. The molecular weight excluding hydrogens is 283 g/mol. The van der Waals surface area contributed by atoms with Crippen LogP contribution in [0.3, 0.4) is 0 Å². The summed E-state index contributed by atoms with van der Waals surface area (Å²) in [6, 6.07) is 6.01. The van der Waals surface area contributed by atoms with Crippen molar-refractivity contribution in [2.45, 2.75) is 70.6 Å². The number of hydrogen-bond acceptors (Lipinski definition) is 0. The van der Waals surface area contributed by atoms with Crippen LogP contribution in [0, 0.1) is 23.6 Å². The number of benzene rings is 1. The summed E-state index contributed by atoms with van der Waals surface area (Å²) in [6.45, 7) is 5.88. The van der Waals surface area contributed by atoms with Crippen molar-refractivity contribution in [3.05, 3.63) is 47.8 Å². The Hall–Kier alpha value is -1.11. The van der Waals surface area contributed by atoms with Crippen molar-refractivity contribution < 1.29 is 4.39 Å². The number of hydrogen-bond donors (Lipinski definition) is 0. The lowest BCUT2D eigenvalue weighted by Gasteiger charge is -2.42. The van der Waals surface area contributed by atoms with E-state index in [1.54, 1.807) is 0 Å². The first-order chi connectivity index (χ1) is 11.2. The van der Waals surface area contributed by atoms with Crippen molar-refractivity contribution in [3.63, 3.8) is 0 Å². The molecule has 1 heteroatoms. The second-order valence-corrected chi connectivity index (χ2v) is 7.78. The maximum Gasteiger partial charge on any atom is 0.126 e. The molecule has 2 aliphatic rings. The lowest BCUT2D eigenvalue weighted by atomic mass is 9.63. The highest BCUT2D eigenvalue weighted by atomic mass is 19.1. The molecule has 0 nitrogen and oxygen atoms in total. The van der Waals surface area contributed by atoms with Crippen LogP contribution in [0.4, 0.5) is 4.39 Å². The average Bonchev–Trinajstić information content (AvgIpc) is 2.59. The third kappa shape index (κ3) is 3.87. The molecule has 1 aromatic rings. The first-order valence-electron chi connectivity index (χ1n) is 9.60. The number of allylic oxidation sites excluding steroid dienone is 1. The van der Waals surface area contributed by atoms with Gasteiger partial charge in [0, 0.05) is 0 Å². The molecular formula is C22H31F. The van der Waals surface area contributed by atoms with Crippen molar-refractivity contribution in [2.24, 2.45) is 17.8 Å². The summed E-state index contributed by atoms with van der Waals surface area (Å²) in [7, 11) is 0. The molecule has 0 spiro atoms. The molecule has 2 fully saturated rings. The molecule has 0 radical (unpaired) electrons. The Bertz CT molecular complexity index is 533. The van der Waals surface area contributed by atoms with Crippen molar-refractivity contribution in [2.75, 3.05) is 0 Å². The molecule has 1 unspecified atom stereocenters. The van der Waals surface area contributed by atoms with E-state index in [4.69, 9.17) is 0 Å². The summed E-state index contributed by atoms with van der Waals surface area (Å²) >= 11 is 0. The number of fused-ring (bicyclic) bond motifs is 1. The number of rotatable bonds is 5. The van der Waals surface area contributed by atoms with E-state index in [1.807, 2.05) is 19.1 Å². The van der Waals surface area contributed by atoms with Gasteiger partial charge in [0.15, 0.2) is 0 Å². The highest BCUT2D eigenvalue weighted by molar-refractivity contribution is 5.27. The molecule has 0 aromatic heterocycles. The van der Waals surface area contributed by atoms with Crippen LogP contribution in [0.1, 0.15) is 75.3 Å². The lowest BCUT2D eigenvalue weighted by Crippen LogP contribution is -2.30. The topological polar surface area (TPSA) is 0 Å². The third-order valence-electron chi connectivity index (χ3n) is 6.43. The molecule has 0 amide bonds. The van der Waals surface area contributed by atoms with Crippen LogP contribution >= 0.6 is 0 Å². The molecule has 0 saturated heterocycles. The summed E-state index contributed by atoms with van der Waals surface area (Å²) in [4.78, 5) is 0. The standard InChI is InChI=1S/C22H31F/c1-3-5-6-16-7-8-19-14-20(12-11-18(19)13-16)21-10-9-17(4-2)22(23)15-21/h3,9-10,15-16,18-20H,1,4-8,11-14H2,2H3/t16-,18-,19-,20?/m1/s1. The van der Waals surface area contributed by atoms with Gasteiger partial charge in [-0.25, -0.2) is 4.39 Å². The predicted molar refractivity (Wildman–Crippen MR) is 96.1 cm³/mol. The van der Waals surface area contributed by atoms with Gasteiger partial charge >= 0.3 is 0 Å². The Kier molecular flexibility index (Phi) is 5.56. The maximum absolute atomic E-state index is 14.1. The zero-order valence-corrected chi connectivity index (χ0v) is 14.6. The highest BCUT2D eigenvalue weighted by Gasteiger charge is 2.35. The van der Waals surface area contributed by atoms with Gasteiger partial charge in [-0.1, -0.05) is 31.6 Å². The maximum atomic E-state index is 14.1. The van der Waals surface area contributed by atoms with Gasteiger partial charge in [0.2, 0.25) is 0 Å². The second-order valence-electron chi connectivity index (χ2n) is 7.78. The fourth-order valence-corrected chi connectivity index (χ4v) is 5.01. The van der Waals surface area contributed by atoms with Crippen molar-refractivity contribution in [1.29, 1.82) is 0 Å². The molecule has 0 bridgehead atoms. The van der Waals surface area contributed by atoms with Gasteiger partial charge < -0.3 is 0 Å². The number of halogens is 1. The molecule has 0 N–H and O–H groups in total. The lowest BCUT2D eigenvalue weighted by molar-refractivity contribution is 0.115. The fourth-order valence-electron chi connectivity index (χ4n) is 5.01. The van der Waals surface area contributed by atoms with E-state index >= 15 is 0 Å². The number of aryl methyl sites for hydroxylation is 1. The zero-order chi connectivity index (χ0) is 16.2. The van der Waals surface area contributed by atoms with Crippen LogP contribution in [0.15, 0.2) is 30.9 Å². The summed E-state index contributed by atoms with van der Waals surface area (Å²) in [5.74, 6) is 3.31. The molecule has 3 rings (SSSR count). The summed E-state index contributed by atoms with van der Waals surface area (Å²) in [5.41, 5.74) is 2.09. The van der Waals surface area contributed by atoms with Crippen molar-refractivity contribution >= 4 is 0 Å². The summed E-state index contributed by atoms with van der Waals surface area (Å²) in [5, 5.41) is 0. The van der Waals surface area contributed by atoms with Gasteiger partial charge in [-0.3, -0.25) is 0 Å². The monoisotopic (exact) mass is 314 g/mol. The first kappa shape index (κ1) is 16.7. The fraction of sp³-hybridized carbons (Fsp3) is 0.636. The molecule has 126 valence electrons. The molecule has 23 heavy (non-hydrogen) atoms. The van der Waals surface area contributed by atoms with E-state index < -0.39 is 0 Å². The Morgan fingerprint density at radius 3 is 2.65 bits per heavy atom. The van der Waals surface area contributed by atoms with Crippen LogP contribution in [-0.4, -0.2) is 0 Å². The van der Waals surface area contributed by atoms with Gasteiger partial charge in [0.25, 0.3) is 0 Å². The minimum absolute atomic E-state index is 0.000238. The quantitative estimate of drug-likeness (QED) is 0.533. The van der Waals surface area contributed by atoms with E-state index in [9.17, 15) is 4.39 Å². The van der Waals surface area contributed by atoms with E-state index in [-0.39, 0.29) is 5.82 Å². The van der Waals surface area contributed by atoms with Crippen LogP contribution in [-0.2, 0) is 6.42 Å². The largest absolute Gasteiger partial charge is 0.207 e. The molecule has 0 heterocycles. The van der Waals surface area contributed by atoms with E-state index in [0.29, 0.717) is 5.92 Å². The van der Waals surface area contributed by atoms with Crippen LogP contribution in [0.25, 0.3) is 0 Å². The SMILES string of the molecule is C=CCC[C@@H]1CC[C@@H]2CC(c3ccc(CC)c(F)c3)CC[C@@H]2C1. The Labute approximate surface area is 141 Å². The van der Waals surface area contributed by atoms with Gasteiger partial charge in [0.1, 0.15) is 5.82 Å². The molecule has 0 aliphatic heterocycles. The highest BCUT2D eigenvalue weighted by Crippen LogP contribution is 2.48. The van der Waals surface area contributed by atoms with Crippen LogP contribution < -0.4 is 0 Å². The summed E-state index contributed by atoms with van der Waals surface area (Å²) in [6.07, 6.45) is 13.4. The average molecular weight is 314 g/mol. The molecule has 4 atom stereocenters. The van der Waals surface area contributed by atoms with Gasteiger partial charge in [-0.15, -0.1) is 6.58 Å². The van der Waals surface area contributed by atoms with Gasteiger partial charge in [-0.05, 0) is 92.2 Å². The zero-order valence-electron chi connectivity index (χ0n) is 14.6.